The maximum absolute atomic E-state index is 12.0. The molecule has 2 aromatic rings. The van der Waals surface area contributed by atoms with E-state index in [1.807, 2.05) is 19.9 Å². The van der Waals surface area contributed by atoms with Crippen LogP contribution in [0.15, 0.2) is 24.4 Å². The Hall–Kier alpha value is -3.34. The average Bonchev–Trinajstić information content (AvgIpc) is 3.25. The number of carbonyl (C=O) groups is 2. The summed E-state index contributed by atoms with van der Waals surface area (Å²) >= 11 is 0. The van der Waals surface area contributed by atoms with Crippen LogP contribution in [-0.2, 0) is 4.79 Å². The first-order chi connectivity index (χ1) is 14.3. The largest absolute Gasteiger partial charge is 0.492 e. The van der Waals surface area contributed by atoms with Gasteiger partial charge in [-0.3, -0.25) is 14.6 Å². The van der Waals surface area contributed by atoms with E-state index in [9.17, 15) is 9.59 Å². The monoisotopic (exact) mass is 408 g/mol. The fraction of sp³-hybridized carbons (Fsp3) is 0.455. The molecule has 2 fully saturated rings. The fourth-order valence-electron chi connectivity index (χ4n) is 4.23. The van der Waals surface area contributed by atoms with Crippen molar-refractivity contribution in [1.82, 2.24) is 9.88 Å². The molecule has 1 aromatic heterocycles. The molecule has 1 aliphatic carbocycles. The summed E-state index contributed by atoms with van der Waals surface area (Å²) in [5, 5.41) is 9.49. The Morgan fingerprint density at radius 1 is 1.40 bits per heavy atom. The molecular weight excluding hydrogens is 384 g/mol. The summed E-state index contributed by atoms with van der Waals surface area (Å²) in [5.74, 6) is 0.766. The summed E-state index contributed by atoms with van der Waals surface area (Å²) in [6.07, 6.45) is 2.44. The third-order valence-corrected chi connectivity index (χ3v) is 5.83. The van der Waals surface area contributed by atoms with Gasteiger partial charge in [0, 0.05) is 30.1 Å². The Balaban J connectivity index is 1.56. The van der Waals surface area contributed by atoms with E-state index in [1.165, 1.54) is 0 Å². The van der Waals surface area contributed by atoms with Crippen molar-refractivity contribution < 1.29 is 19.1 Å². The van der Waals surface area contributed by atoms with Gasteiger partial charge in [0.2, 0.25) is 5.91 Å². The molecule has 8 heteroatoms. The van der Waals surface area contributed by atoms with Crippen LogP contribution in [0.4, 0.5) is 0 Å². The summed E-state index contributed by atoms with van der Waals surface area (Å²) in [5.41, 5.74) is 6.34. The number of nitrogens with two attached hydrogens (primary N) is 1. The van der Waals surface area contributed by atoms with Gasteiger partial charge in [0.25, 0.3) is 5.91 Å². The number of nitriles is 1. The lowest BCUT2D eigenvalue weighted by Crippen LogP contribution is -2.32. The van der Waals surface area contributed by atoms with E-state index in [0.29, 0.717) is 42.6 Å². The molecule has 1 saturated heterocycles. The smallest absolute Gasteiger partial charge is 0.252 e. The van der Waals surface area contributed by atoms with Crippen LogP contribution in [-0.4, -0.2) is 47.5 Å². The van der Waals surface area contributed by atoms with Crippen molar-refractivity contribution in [3.63, 3.8) is 0 Å². The lowest BCUT2D eigenvalue weighted by molar-refractivity contribution is -0.129. The zero-order valence-electron chi connectivity index (χ0n) is 17.1. The SMILES string of the molecule is CC(C)Oc1cc2c(OCC34C[C@@H]3CN(C(=O)CC#N)C4)ccnc2cc1C(N)=O. The second-order valence-corrected chi connectivity index (χ2v) is 8.37. The lowest BCUT2D eigenvalue weighted by atomic mass is 10.1. The second-order valence-electron chi connectivity index (χ2n) is 8.37. The summed E-state index contributed by atoms with van der Waals surface area (Å²) in [6, 6.07) is 7.08. The number of hydrogen-bond acceptors (Lipinski definition) is 6. The molecule has 30 heavy (non-hydrogen) atoms. The Kier molecular flexibility index (Phi) is 4.98. The average molecular weight is 408 g/mol. The van der Waals surface area contributed by atoms with E-state index in [4.69, 9.17) is 20.5 Å². The number of rotatable bonds is 7. The third-order valence-electron chi connectivity index (χ3n) is 5.83. The number of fused-ring (bicyclic) bond motifs is 2. The highest BCUT2D eigenvalue weighted by Gasteiger charge is 2.61. The summed E-state index contributed by atoms with van der Waals surface area (Å²) < 4.78 is 12.0. The molecule has 2 aliphatic rings. The molecule has 1 saturated carbocycles. The molecule has 8 nitrogen and oxygen atoms in total. The highest BCUT2D eigenvalue weighted by atomic mass is 16.5. The Morgan fingerprint density at radius 2 is 2.20 bits per heavy atom. The molecule has 0 bridgehead atoms. The van der Waals surface area contributed by atoms with Gasteiger partial charge in [-0.1, -0.05) is 0 Å². The highest BCUT2D eigenvalue weighted by molar-refractivity contribution is 6.01. The van der Waals surface area contributed by atoms with Crippen LogP contribution in [0.2, 0.25) is 0 Å². The molecule has 156 valence electrons. The number of pyridine rings is 1. The van der Waals surface area contributed by atoms with Gasteiger partial charge in [-0.25, -0.2) is 0 Å². The quantitative estimate of drug-likeness (QED) is 0.751. The number of amides is 2. The van der Waals surface area contributed by atoms with Crippen LogP contribution in [0.3, 0.4) is 0 Å². The van der Waals surface area contributed by atoms with Crippen LogP contribution < -0.4 is 15.2 Å². The predicted octanol–water partition coefficient (Wildman–Crippen LogP) is 2.26. The van der Waals surface area contributed by atoms with Crippen molar-refractivity contribution in [2.75, 3.05) is 19.7 Å². The number of carbonyl (C=O) groups excluding carboxylic acids is 2. The zero-order chi connectivity index (χ0) is 21.5. The van der Waals surface area contributed by atoms with Gasteiger partial charge in [-0.15, -0.1) is 0 Å². The van der Waals surface area contributed by atoms with Crippen molar-refractivity contribution in [3.05, 3.63) is 30.0 Å². The number of piperidine rings is 1. The molecule has 1 unspecified atom stereocenters. The highest BCUT2D eigenvalue weighted by Crippen LogP contribution is 2.58. The first-order valence-corrected chi connectivity index (χ1v) is 10.00. The number of hydrogen-bond donors (Lipinski definition) is 1. The first-order valence-electron chi connectivity index (χ1n) is 10.00. The Bertz CT molecular complexity index is 1060. The molecule has 2 N–H and O–H groups in total. The number of likely N-dealkylation sites (tertiary alicyclic amines) is 1. The van der Waals surface area contributed by atoms with Crippen molar-refractivity contribution in [2.24, 2.45) is 17.1 Å². The Labute approximate surface area is 174 Å². The fourth-order valence-corrected chi connectivity index (χ4v) is 4.23. The number of nitrogens with zero attached hydrogens (tertiary/aromatic N) is 3. The van der Waals surface area contributed by atoms with E-state index in [0.717, 1.165) is 11.8 Å². The molecule has 2 amide bonds. The number of primary amides is 1. The number of aromatic nitrogens is 1. The van der Waals surface area contributed by atoms with Crippen LogP contribution in [0.5, 0.6) is 11.5 Å². The van der Waals surface area contributed by atoms with Crippen molar-refractivity contribution in [1.29, 1.82) is 5.26 Å². The Morgan fingerprint density at radius 3 is 2.90 bits per heavy atom. The minimum Gasteiger partial charge on any atom is -0.492 e. The maximum atomic E-state index is 12.0. The van der Waals surface area contributed by atoms with E-state index >= 15 is 0 Å². The molecule has 0 spiro atoms. The number of ether oxygens (including phenoxy) is 2. The standard InChI is InChI=1S/C22H24N4O4/c1-13(2)30-19-8-15-17(7-16(19)21(24)28)25-6-4-18(15)29-12-22-9-14(22)10-26(11-22)20(27)3-5-23/h4,6-8,13-14H,3,9-12H2,1-2H3,(H2,24,28)/t14-,22?/m1/s1. The third kappa shape index (κ3) is 3.63. The van der Waals surface area contributed by atoms with Gasteiger partial charge in [0.15, 0.2) is 0 Å². The first kappa shape index (κ1) is 20.0. The maximum Gasteiger partial charge on any atom is 0.252 e. The van der Waals surface area contributed by atoms with Gasteiger partial charge in [0.05, 0.1) is 29.9 Å². The van der Waals surface area contributed by atoms with E-state index < -0.39 is 5.91 Å². The summed E-state index contributed by atoms with van der Waals surface area (Å²) in [7, 11) is 0. The molecule has 2 atom stereocenters. The van der Waals surface area contributed by atoms with Crippen molar-refractivity contribution in [2.45, 2.75) is 32.8 Å². The predicted molar refractivity (Wildman–Crippen MR) is 109 cm³/mol. The normalized spacial score (nSPS) is 21.9. The van der Waals surface area contributed by atoms with Crippen molar-refractivity contribution >= 4 is 22.7 Å². The molecule has 1 aromatic carbocycles. The van der Waals surface area contributed by atoms with Gasteiger partial charge < -0.3 is 20.1 Å². The van der Waals surface area contributed by atoms with Gasteiger partial charge in [-0.2, -0.15) is 5.26 Å². The van der Waals surface area contributed by atoms with E-state index in [-0.39, 0.29) is 29.4 Å². The number of benzene rings is 1. The topological polar surface area (TPSA) is 119 Å². The zero-order valence-corrected chi connectivity index (χ0v) is 17.1. The summed E-state index contributed by atoms with van der Waals surface area (Å²) in [6.45, 7) is 5.54. The lowest BCUT2D eigenvalue weighted by Gasteiger charge is -2.21. The molecule has 2 heterocycles. The van der Waals surface area contributed by atoms with Gasteiger partial charge in [0.1, 0.15) is 17.9 Å². The minimum atomic E-state index is -0.575. The van der Waals surface area contributed by atoms with Crippen LogP contribution >= 0.6 is 0 Å². The van der Waals surface area contributed by atoms with Gasteiger partial charge in [-0.05, 0) is 44.4 Å². The van der Waals surface area contributed by atoms with Gasteiger partial charge >= 0.3 is 0 Å². The second kappa shape index (κ2) is 7.48. The minimum absolute atomic E-state index is 0.0505. The molecule has 4 rings (SSSR count). The van der Waals surface area contributed by atoms with E-state index in [2.05, 4.69) is 4.98 Å². The molecule has 1 aliphatic heterocycles. The summed E-state index contributed by atoms with van der Waals surface area (Å²) in [4.78, 5) is 30.0. The molecule has 0 radical (unpaired) electrons. The van der Waals surface area contributed by atoms with Crippen molar-refractivity contribution in [3.8, 4) is 17.6 Å². The van der Waals surface area contributed by atoms with Crippen LogP contribution in [0.25, 0.3) is 10.9 Å². The van der Waals surface area contributed by atoms with Crippen LogP contribution in [0, 0.1) is 22.7 Å². The van der Waals surface area contributed by atoms with Crippen LogP contribution in [0.1, 0.15) is 37.0 Å². The molecular formula is C22H24N4O4. The van der Waals surface area contributed by atoms with E-state index in [1.54, 1.807) is 29.3 Å².